The van der Waals surface area contributed by atoms with E-state index in [9.17, 15) is 9.59 Å². The lowest BCUT2D eigenvalue weighted by Gasteiger charge is -2.47. The van der Waals surface area contributed by atoms with Crippen molar-refractivity contribution in [1.82, 2.24) is 14.8 Å². The van der Waals surface area contributed by atoms with Crippen LogP contribution in [0.1, 0.15) is 36.6 Å². The predicted octanol–water partition coefficient (Wildman–Crippen LogP) is 2.42. The summed E-state index contributed by atoms with van der Waals surface area (Å²) in [7, 11) is 0. The van der Waals surface area contributed by atoms with Crippen molar-refractivity contribution >= 4 is 12.0 Å². The van der Waals surface area contributed by atoms with Crippen molar-refractivity contribution < 1.29 is 9.53 Å². The van der Waals surface area contributed by atoms with Crippen molar-refractivity contribution in [3.8, 4) is 5.75 Å². The Morgan fingerprint density at radius 3 is 2.90 bits per heavy atom. The summed E-state index contributed by atoms with van der Waals surface area (Å²) in [5.74, 6) is 1.56. The van der Waals surface area contributed by atoms with E-state index >= 15 is 0 Å². The Kier molecular flexibility index (Phi) is 4.95. The van der Waals surface area contributed by atoms with Crippen LogP contribution in [-0.4, -0.2) is 48.2 Å². The van der Waals surface area contributed by atoms with E-state index in [0.29, 0.717) is 25.0 Å². The number of carbonyl (C=O) groups is 1. The van der Waals surface area contributed by atoms with Crippen LogP contribution in [0.15, 0.2) is 52.8 Å². The number of benzene rings is 1. The van der Waals surface area contributed by atoms with E-state index in [0.717, 1.165) is 43.1 Å². The molecule has 1 fully saturated rings. The number of carbonyl (C=O) groups excluding carboxylic acids is 1. The van der Waals surface area contributed by atoms with Gasteiger partial charge < -0.3 is 14.6 Å². The Hall–Kier alpha value is -2.86. The number of amides is 1. The van der Waals surface area contributed by atoms with Crippen LogP contribution in [-0.2, 0) is 4.79 Å². The van der Waals surface area contributed by atoms with Crippen molar-refractivity contribution in [2.45, 2.75) is 25.3 Å². The smallest absolute Gasteiger partial charge is 0.251 e. The average Bonchev–Trinajstić information content (AvgIpc) is 2.74. The molecule has 3 aliphatic heterocycles. The molecule has 30 heavy (non-hydrogen) atoms. The standard InChI is InChI=1S/C24H27N3O3/c1-16(28)25-11-22-20-10-19(21-6-4-8-24(29)27(21)22)13-26(14-20)12-17-9-18-5-2-3-7-23(18)30-15-17/h2-9,19-20,22H,10-15H2,1H3,(H,25,28)/t19-,20+,22+/m1/s1. The fourth-order valence-corrected chi connectivity index (χ4v) is 5.32. The molecule has 1 aromatic heterocycles. The van der Waals surface area contributed by atoms with Crippen molar-refractivity contribution in [1.29, 1.82) is 0 Å². The monoisotopic (exact) mass is 405 g/mol. The van der Waals surface area contributed by atoms with Crippen molar-refractivity contribution in [2.75, 3.05) is 32.8 Å². The second kappa shape index (κ2) is 7.76. The molecule has 0 radical (unpaired) electrons. The Bertz CT molecular complexity index is 1060. The molecule has 0 spiro atoms. The molecule has 0 saturated carbocycles. The van der Waals surface area contributed by atoms with Crippen molar-refractivity contribution in [3.05, 3.63) is 69.6 Å². The molecule has 4 heterocycles. The number of aromatic nitrogens is 1. The average molecular weight is 405 g/mol. The number of hydrogen-bond donors (Lipinski definition) is 1. The number of para-hydroxylation sites is 1. The van der Waals surface area contributed by atoms with Crippen LogP contribution in [0.25, 0.3) is 6.08 Å². The van der Waals surface area contributed by atoms with Gasteiger partial charge in [-0.25, -0.2) is 0 Å². The Morgan fingerprint density at radius 2 is 2.03 bits per heavy atom. The normalized spacial score (nSPS) is 24.8. The van der Waals surface area contributed by atoms with E-state index < -0.39 is 0 Å². The second-order valence-corrected chi connectivity index (χ2v) is 8.68. The first-order valence-corrected chi connectivity index (χ1v) is 10.7. The summed E-state index contributed by atoms with van der Waals surface area (Å²) < 4.78 is 7.88. The Labute approximate surface area is 176 Å². The third-order valence-electron chi connectivity index (χ3n) is 6.55. The number of hydrogen-bond acceptors (Lipinski definition) is 4. The van der Waals surface area contributed by atoms with Crippen LogP contribution < -0.4 is 15.6 Å². The van der Waals surface area contributed by atoms with Crippen molar-refractivity contribution in [2.24, 2.45) is 5.92 Å². The van der Waals surface area contributed by atoms with E-state index in [1.54, 1.807) is 6.07 Å². The Morgan fingerprint density at radius 1 is 1.17 bits per heavy atom. The molecule has 5 rings (SSSR count). The van der Waals surface area contributed by atoms with Gasteiger partial charge in [-0.2, -0.15) is 0 Å². The quantitative estimate of drug-likeness (QED) is 0.849. The van der Waals surface area contributed by atoms with Gasteiger partial charge in [0.15, 0.2) is 0 Å². The number of rotatable bonds is 4. The number of nitrogens with zero attached hydrogens (tertiary/aromatic N) is 2. The summed E-state index contributed by atoms with van der Waals surface area (Å²) in [5, 5.41) is 2.95. The molecule has 1 saturated heterocycles. The molecule has 3 aliphatic rings. The molecular weight excluding hydrogens is 378 g/mol. The minimum atomic E-state index is -0.0569. The zero-order chi connectivity index (χ0) is 20.7. The van der Waals surface area contributed by atoms with E-state index in [1.807, 2.05) is 28.8 Å². The molecule has 0 aliphatic carbocycles. The van der Waals surface area contributed by atoms with Gasteiger partial charge in [0.05, 0.1) is 6.04 Å². The van der Waals surface area contributed by atoms with Crippen molar-refractivity contribution in [3.63, 3.8) is 0 Å². The van der Waals surface area contributed by atoms with Gasteiger partial charge in [-0.05, 0) is 36.1 Å². The molecule has 0 unspecified atom stereocenters. The van der Waals surface area contributed by atoms with Gasteiger partial charge in [0.2, 0.25) is 5.91 Å². The molecular formula is C24H27N3O3. The highest BCUT2D eigenvalue weighted by Gasteiger charge is 2.40. The number of likely N-dealkylation sites (tertiary alicyclic amines) is 1. The zero-order valence-electron chi connectivity index (χ0n) is 17.2. The molecule has 2 bridgehead atoms. The molecule has 1 N–H and O–H groups in total. The van der Waals surface area contributed by atoms with Gasteiger partial charge >= 0.3 is 0 Å². The topological polar surface area (TPSA) is 63.6 Å². The maximum absolute atomic E-state index is 12.7. The predicted molar refractivity (Wildman–Crippen MR) is 116 cm³/mol. The SMILES string of the molecule is CC(=O)NC[C@H]1[C@H]2C[C@H](CN(CC3=Cc4ccccc4OC3)C2)c2cccc(=O)n21. The highest BCUT2D eigenvalue weighted by atomic mass is 16.5. The van der Waals surface area contributed by atoms with Crippen LogP contribution in [0.5, 0.6) is 5.75 Å². The molecule has 1 aromatic carbocycles. The van der Waals surface area contributed by atoms with E-state index in [-0.39, 0.29) is 17.5 Å². The van der Waals surface area contributed by atoms with E-state index in [4.69, 9.17) is 4.74 Å². The van der Waals surface area contributed by atoms with Crippen LogP contribution in [0.2, 0.25) is 0 Å². The minimum Gasteiger partial charge on any atom is -0.489 e. The fourth-order valence-electron chi connectivity index (χ4n) is 5.32. The second-order valence-electron chi connectivity index (χ2n) is 8.68. The summed E-state index contributed by atoms with van der Waals surface area (Å²) in [5.41, 5.74) is 3.54. The highest BCUT2D eigenvalue weighted by Crippen LogP contribution is 2.41. The number of pyridine rings is 1. The zero-order valence-corrected chi connectivity index (χ0v) is 17.2. The fraction of sp³-hybridized carbons (Fsp3) is 0.417. The summed E-state index contributed by atoms with van der Waals surface area (Å²) in [6.45, 7) is 5.36. The molecule has 1 amide bonds. The lowest BCUT2D eigenvalue weighted by molar-refractivity contribution is -0.119. The number of fused-ring (bicyclic) bond motifs is 5. The minimum absolute atomic E-state index is 0.00559. The molecule has 6 heteroatoms. The van der Waals surface area contributed by atoms with Gasteiger partial charge in [-0.1, -0.05) is 24.3 Å². The van der Waals surface area contributed by atoms with E-state index in [2.05, 4.69) is 28.4 Å². The van der Waals surface area contributed by atoms with Crippen LogP contribution in [0, 0.1) is 5.92 Å². The van der Waals surface area contributed by atoms with Crippen LogP contribution in [0.4, 0.5) is 0 Å². The largest absolute Gasteiger partial charge is 0.489 e. The Balaban J connectivity index is 1.40. The third-order valence-corrected chi connectivity index (χ3v) is 6.55. The van der Waals surface area contributed by atoms with Gasteiger partial charge in [0.25, 0.3) is 5.56 Å². The van der Waals surface area contributed by atoms with E-state index in [1.165, 1.54) is 12.5 Å². The highest BCUT2D eigenvalue weighted by molar-refractivity contribution is 5.72. The summed E-state index contributed by atoms with van der Waals surface area (Å²) in [4.78, 5) is 26.7. The number of nitrogens with one attached hydrogen (secondary N) is 1. The molecule has 2 aromatic rings. The maximum atomic E-state index is 12.7. The number of ether oxygens (including phenoxy) is 1. The number of piperidine rings is 1. The third kappa shape index (κ3) is 3.56. The first-order chi connectivity index (χ1) is 14.6. The van der Waals surface area contributed by atoms with Gasteiger partial charge in [-0.3, -0.25) is 14.5 Å². The summed E-state index contributed by atoms with van der Waals surface area (Å²) >= 11 is 0. The van der Waals surface area contributed by atoms with Crippen LogP contribution in [0.3, 0.4) is 0 Å². The summed E-state index contributed by atoms with van der Waals surface area (Å²) in [6, 6.07) is 13.7. The summed E-state index contributed by atoms with van der Waals surface area (Å²) in [6.07, 6.45) is 3.30. The van der Waals surface area contributed by atoms with Gasteiger partial charge in [0, 0.05) is 56.3 Å². The lowest BCUT2D eigenvalue weighted by atomic mass is 9.78. The maximum Gasteiger partial charge on any atom is 0.251 e. The lowest BCUT2D eigenvalue weighted by Crippen LogP contribution is -2.52. The first kappa shape index (κ1) is 19.1. The first-order valence-electron chi connectivity index (χ1n) is 10.7. The molecule has 6 nitrogen and oxygen atoms in total. The van der Waals surface area contributed by atoms with Crippen LogP contribution >= 0.6 is 0 Å². The molecule has 156 valence electrons. The van der Waals surface area contributed by atoms with Gasteiger partial charge in [0.1, 0.15) is 12.4 Å². The molecule has 3 atom stereocenters. The van der Waals surface area contributed by atoms with Gasteiger partial charge in [-0.15, -0.1) is 0 Å².